The van der Waals surface area contributed by atoms with Crippen LogP contribution in [0.4, 0.5) is 0 Å². The molecule has 0 saturated heterocycles. The fraction of sp³-hybridized carbons (Fsp3) is 0.588. The van der Waals surface area contributed by atoms with Crippen molar-refractivity contribution >= 4 is 39.8 Å². The van der Waals surface area contributed by atoms with Crippen LogP contribution in [0.5, 0.6) is 5.75 Å². The van der Waals surface area contributed by atoms with Gasteiger partial charge in [-0.1, -0.05) is 12.1 Å². The third kappa shape index (κ3) is 11.2. The number of guanidine groups is 1. The van der Waals surface area contributed by atoms with Gasteiger partial charge in [0, 0.05) is 25.4 Å². The lowest BCUT2D eigenvalue weighted by Crippen LogP contribution is -2.43. The van der Waals surface area contributed by atoms with E-state index in [0.717, 1.165) is 18.7 Å². The topological polar surface area (TPSA) is 79.8 Å². The Hall–Kier alpha value is -1.03. The standard InChI is InChI=1S/C17H29N3O3S.HI/c1-5-18-17(20-14(2)11-13-24(4,21)22)19-12-10-15-6-8-16(23-3)9-7-15;/h6-9,14H,5,10-13H2,1-4H3,(H2,18,19,20);1H. The highest BCUT2D eigenvalue weighted by atomic mass is 127. The van der Waals surface area contributed by atoms with Crippen molar-refractivity contribution in [1.82, 2.24) is 10.6 Å². The van der Waals surface area contributed by atoms with E-state index in [9.17, 15) is 8.42 Å². The third-order valence-corrected chi connectivity index (χ3v) is 4.46. The second-order valence-electron chi connectivity index (χ2n) is 5.82. The van der Waals surface area contributed by atoms with E-state index in [1.807, 2.05) is 38.1 Å². The van der Waals surface area contributed by atoms with Crippen LogP contribution in [0.3, 0.4) is 0 Å². The van der Waals surface area contributed by atoms with E-state index in [0.29, 0.717) is 18.9 Å². The highest BCUT2D eigenvalue weighted by Crippen LogP contribution is 2.11. The largest absolute Gasteiger partial charge is 0.497 e. The molecule has 0 saturated carbocycles. The molecule has 1 aromatic rings. The van der Waals surface area contributed by atoms with Gasteiger partial charge in [-0.3, -0.25) is 4.99 Å². The van der Waals surface area contributed by atoms with Crippen LogP contribution < -0.4 is 15.4 Å². The number of aliphatic imine (C=N–C) groups is 1. The molecule has 0 heterocycles. The van der Waals surface area contributed by atoms with E-state index >= 15 is 0 Å². The highest BCUT2D eigenvalue weighted by molar-refractivity contribution is 14.0. The summed E-state index contributed by atoms with van der Waals surface area (Å²) in [6.07, 6.45) is 2.65. The molecule has 0 bridgehead atoms. The molecule has 1 aromatic carbocycles. The first-order valence-corrected chi connectivity index (χ1v) is 10.3. The molecule has 0 radical (unpaired) electrons. The molecule has 0 aliphatic carbocycles. The Bertz CT molecular complexity index is 619. The summed E-state index contributed by atoms with van der Waals surface area (Å²) in [5.74, 6) is 1.73. The lowest BCUT2D eigenvalue weighted by Gasteiger charge is -2.17. The molecule has 2 N–H and O–H groups in total. The number of hydrogen-bond acceptors (Lipinski definition) is 4. The van der Waals surface area contributed by atoms with Crippen LogP contribution in [0, 0.1) is 0 Å². The van der Waals surface area contributed by atoms with Gasteiger partial charge in [-0.2, -0.15) is 0 Å². The van der Waals surface area contributed by atoms with Crippen molar-refractivity contribution in [2.24, 2.45) is 4.99 Å². The molecule has 0 aliphatic heterocycles. The quantitative estimate of drug-likeness (QED) is 0.320. The zero-order valence-electron chi connectivity index (χ0n) is 15.4. The number of benzene rings is 1. The zero-order valence-corrected chi connectivity index (χ0v) is 18.6. The van der Waals surface area contributed by atoms with Gasteiger partial charge in [-0.15, -0.1) is 24.0 Å². The monoisotopic (exact) mass is 483 g/mol. The van der Waals surface area contributed by atoms with Crippen molar-refractivity contribution in [2.75, 3.05) is 32.2 Å². The SMILES string of the molecule is CCNC(=NCCc1ccc(OC)cc1)NC(C)CCS(C)(=O)=O.I. The van der Waals surface area contributed by atoms with E-state index in [1.165, 1.54) is 11.8 Å². The first-order valence-electron chi connectivity index (χ1n) is 8.19. The summed E-state index contributed by atoms with van der Waals surface area (Å²) >= 11 is 0. The predicted octanol–water partition coefficient (Wildman–Crippen LogP) is 2.23. The Morgan fingerprint density at radius 3 is 2.44 bits per heavy atom. The van der Waals surface area contributed by atoms with E-state index in [2.05, 4.69) is 15.6 Å². The van der Waals surface area contributed by atoms with Crippen LogP contribution in [-0.4, -0.2) is 52.6 Å². The minimum atomic E-state index is -2.94. The normalized spacial score (nSPS) is 12.9. The van der Waals surface area contributed by atoms with Crippen LogP contribution in [0.1, 0.15) is 25.8 Å². The molecule has 144 valence electrons. The number of ether oxygens (including phenoxy) is 1. The van der Waals surface area contributed by atoms with Crippen molar-refractivity contribution in [3.8, 4) is 5.75 Å². The molecular formula is C17H30IN3O3S. The molecule has 0 fully saturated rings. The van der Waals surface area contributed by atoms with Crippen molar-refractivity contribution in [3.05, 3.63) is 29.8 Å². The average molecular weight is 483 g/mol. The maximum atomic E-state index is 11.2. The van der Waals surface area contributed by atoms with E-state index in [4.69, 9.17) is 4.74 Å². The van der Waals surface area contributed by atoms with Gasteiger partial charge < -0.3 is 15.4 Å². The van der Waals surface area contributed by atoms with Gasteiger partial charge in [0.25, 0.3) is 0 Å². The molecule has 25 heavy (non-hydrogen) atoms. The maximum Gasteiger partial charge on any atom is 0.191 e. The highest BCUT2D eigenvalue weighted by Gasteiger charge is 2.09. The molecule has 6 nitrogen and oxygen atoms in total. The summed E-state index contributed by atoms with van der Waals surface area (Å²) < 4.78 is 27.6. The second kappa shape index (κ2) is 12.3. The summed E-state index contributed by atoms with van der Waals surface area (Å²) in [5.41, 5.74) is 1.19. The van der Waals surface area contributed by atoms with Gasteiger partial charge >= 0.3 is 0 Å². The average Bonchev–Trinajstić information content (AvgIpc) is 2.53. The van der Waals surface area contributed by atoms with Gasteiger partial charge in [-0.25, -0.2) is 8.42 Å². The van der Waals surface area contributed by atoms with Crippen LogP contribution in [0.2, 0.25) is 0 Å². The summed E-state index contributed by atoms with van der Waals surface area (Å²) in [7, 11) is -1.29. The number of hydrogen-bond donors (Lipinski definition) is 2. The van der Waals surface area contributed by atoms with E-state index in [1.54, 1.807) is 7.11 Å². The Labute approximate surface area is 168 Å². The van der Waals surface area contributed by atoms with Crippen LogP contribution in [0.15, 0.2) is 29.3 Å². The number of halogens is 1. The van der Waals surface area contributed by atoms with Crippen molar-refractivity contribution in [3.63, 3.8) is 0 Å². The van der Waals surface area contributed by atoms with Gasteiger partial charge in [0.05, 0.1) is 12.9 Å². The van der Waals surface area contributed by atoms with Gasteiger partial charge in [0.1, 0.15) is 15.6 Å². The lowest BCUT2D eigenvalue weighted by molar-refractivity contribution is 0.414. The Morgan fingerprint density at radius 2 is 1.92 bits per heavy atom. The predicted molar refractivity (Wildman–Crippen MR) is 115 cm³/mol. The molecule has 1 rings (SSSR count). The zero-order chi connectivity index (χ0) is 18.0. The summed E-state index contributed by atoms with van der Waals surface area (Å²) in [6, 6.07) is 7.98. The summed E-state index contributed by atoms with van der Waals surface area (Å²) in [5, 5.41) is 6.43. The molecule has 1 unspecified atom stereocenters. The summed E-state index contributed by atoms with van der Waals surface area (Å²) in [4.78, 5) is 4.55. The first-order chi connectivity index (χ1) is 11.3. The molecule has 8 heteroatoms. The lowest BCUT2D eigenvalue weighted by atomic mass is 10.1. The molecular weight excluding hydrogens is 453 g/mol. The first kappa shape index (κ1) is 24.0. The van der Waals surface area contributed by atoms with E-state index < -0.39 is 9.84 Å². The molecule has 1 atom stereocenters. The molecule has 0 aromatic heterocycles. The molecule has 0 amide bonds. The van der Waals surface area contributed by atoms with E-state index in [-0.39, 0.29) is 35.8 Å². The number of nitrogens with one attached hydrogen (secondary N) is 2. The minimum absolute atomic E-state index is 0. The Morgan fingerprint density at radius 1 is 1.28 bits per heavy atom. The Balaban J connectivity index is 0.00000576. The van der Waals surface area contributed by atoms with Crippen LogP contribution >= 0.6 is 24.0 Å². The fourth-order valence-electron chi connectivity index (χ4n) is 2.11. The Kier molecular flexibility index (Phi) is 11.8. The van der Waals surface area contributed by atoms with Crippen molar-refractivity contribution in [2.45, 2.75) is 32.7 Å². The summed E-state index contributed by atoms with van der Waals surface area (Å²) in [6.45, 7) is 5.37. The van der Waals surface area contributed by atoms with Crippen LogP contribution in [0.25, 0.3) is 0 Å². The van der Waals surface area contributed by atoms with Gasteiger partial charge in [0.2, 0.25) is 0 Å². The van der Waals surface area contributed by atoms with Crippen LogP contribution in [-0.2, 0) is 16.3 Å². The number of rotatable bonds is 9. The smallest absolute Gasteiger partial charge is 0.191 e. The second-order valence-corrected chi connectivity index (χ2v) is 8.08. The maximum absolute atomic E-state index is 11.2. The number of methoxy groups -OCH3 is 1. The van der Waals surface area contributed by atoms with Crippen molar-refractivity contribution in [1.29, 1.82) is 0 Å². The fourth-order valence-corrected chi connectivity index (χ4v) is 2.89. The molecule has 0 spiro atoms. The van der Waals surface area contributed by atoms with Gasteiger partial charge in [-0.05, 0) is 44.4 Å². The molecule has 0 aliphatic rings. The number of nitrogens with zero attached hydrogens (tertiary/aromatic N) is 1. The number of sulfone groups is 1. The minimum Gasteiger partial charge on any atom is -0.497 e. The van der Waals surface area contributed by atoms with Gasteiger partial charge in [0.15, 0.2) is 5.96 Å². The van der Waals surface area contributed by atoms with Crippen molar-refractivity contribution < 1.29 is 13.2 Å². The third-order valence-electron chi connectivity index (χ3n) is 3.48.